The third-order valence-electron chi connectivity index (χ3n) is 2.05. The van der Waals surface area contributed by atoms with Crippen molar-refractivity contribution in [3.8, 4) is 0 Å². The maximum absolute atomic E-state index is 11.1. The molecule has 5 nitrogen and oxygen atoms in total. The van der Waals surface area contributed by atoms with E-state index in [-0.39, 0.29) is 5.91 Å². The Hall–Kier alpha value is -1.75. The van der Waals surface area contributed by atoms with Crippen molar-refractivity contribution in [1.29, 1.82) is 0 Å². The van der Waals surface area contributed by atoms with Gasteiger partial charge in [-0.25, -0.2) is 5.84 Å². The van der Waals surface area contributed by atoms with Crippen LogP contribution < -0.4 is 11.3 Å². The van der Waals surface area contributed by atoms with Crippen molar-refractivity contribution in [2.24, 2.45) is 12.9 Å². The van der Waals surface area contributed by atoms with Gasteiger partial charge in [-0.3, -0.25) is 10.2 Å². The van der Waals surface area contributed by atoms with Gasteiger partial charge in [-0.1, -0.05) is 0 Å². The topological polar surface area (TPSA) is 75.8 Å². The number of hydrogen-bond acceptors (Lipinski definition) is 2. The third-order valence-corrected chi connectivity index (χ3v) is 2.05. The SMILES string of the molecule is Cn1ccc2[nH]c(C(=O)NN)cc21. The average molecular weight is 178 g/mol. The van der Waals surface area contributed by atoms with E-state index in [0.29, 0.717) is 5.69 Å². The number of aromatic amines is 1. The number of carbonyl (C=O) groups is 1. The van der Waals surface area contributed by atoms with E-state index in [9.17, 15) is 4.79 Å². The number of fused-ring (bicyclic) bond motifs is 1. The van der Waals surface area contributed by atoms with Crippen molar-refractivity contribution in [1.82, 2.24) is 15.0 Å². The standard InChI is InChI=1S/C8H10N4O/c1-12-3-2-5-7(12)4-6(10-5)8(13)11-9/h2-4,10H,9H2,1H3,(H,11,13). The minimum Gasteiger partial charge on any atom is -0.349 e. The number of nitrogen functional groups attached to an aromatic ring is 1. The molecule has 2 heterocycles. The minimum atomic E-state index is -0.309. The van der Waals surface area contributed by atoms with Gasteiger partial charge in [-0.15, -0.1) is 0 Å². The molecule has 0 spiro atoms. The number of amides is 1. The first-order valence-corrected chi connectivity index (χ1v) is 3.87. The van der Waals surface area contributed by atoms with Crippen LogP contribution in [-0.4, -0.2) is 15.5 Å². The summed E-state index contributed by atoms with van der Waals surface area (Å²) < 4.78 is 1.93. The molecule has 0 radical (unpaired) electrons. The number of nitrogens with two attached hydrogens (primary N) is 1. The van der Waals surface area contributed by atoms with Crippen LogP contribution in [0.2, 0.25) is 0 Å². The summed E-state index contributed by atoms with van der Waals surface area (Å²) in [5.74, 6) is 4.70. The molecule has 0 atom stereocenters. The first-order valence-electron chi connectivity index (χ1n) is 3.87. The van der Waals surface area contributed by atoms with Gasteiger partial charge in [0.25, 0.3) is 5.91 Å². The normalized spacial score (nSPS) is 10.6. The van der Waals surface area contributed by atoms with Crippen molar-refractivity contribution >= 4 is 16.9 Å². The van der Waals surface area contributed by atoms with Crippen LogP contribution in [0.25, 0.3) is 11.0 Å². The summed E-state index contributed by atoms with van der Waals surface area (Å²) in [6, 6.07) is 3.67. The van der Waals surface area contributed by atoms with Gasteiger partial charge in [-0.2, -0.15) is 0 Å². The summed E-state index contributed by atoms with van der Waals surface area (Å²) in [6.07, 6.45) is 1.92. The van der Waals surface area contributed by atoms with Gasteiger partial charge < -0.3 is 9.55 Å². The van der Waals surface area contributed by atoms with E-state index in [2.05, 4.69) is 10.4 Å². The van der Waals surface area contributed by atoms with E-state index in [1.807, 2.05) is 23.9 Å². The lowest BCUT2D eigenvalue weighted by Crippen LogP contribution is -2.30. The molecule has 0 aliphatic heterocycles. The summed E-state index contributed by atoms with van der Waals surface area (Å²) in [5.41, 5.74) is 4.46. The van der Waals surface area contributed by atoms with Crippen LogP contribution in [-0.2, 0) is 7.05 Å². The number of aromatic nitrogens is 2. The molecule has 4 N–H and O–H groups in total. The maximum atomic E-state index is 11.1. The Balaban J connectivity index is 2.56. The second-order valence-electron chi connectivity index (χ2n) is 2.88. The van der Waals surface area contributed by atoms with Crippen molar-refractivity contribution in [3.05, 3.63) is 24.0 Å². The molecule has 0 bridgehead atoms. The Morgan fingerprint density at radius 3 is 3.08 bits per heavy atom. The fraction of sp³-hybridized carbons (Fsp3) is 0.125. The number of nitrogens with zero attached hydrogens (tertiary/aromatic N) is 1. The molecular weight excluding hydrogens is 168 g/mol. The highest BCUT2D eigenvalue weighted by Gasteiger charge is 2.08. The van der Waals surface area contributed by atoms with E-state index in [1.54, 1.807) is 6.07 Å². The average Bonchev–Trinajstić information content (AvgIpc) is 2.67. The molecule has 0 aliphatic carbocycles. The number of H-pyrrole nitrogens is 1. The minimum absolute atomic E-state index is 0.309. The van der Waals surface area contributed by atoms with Gasteiger partial charge in [0, 0.05) is 13.2 Å². The molecular formula is C8H10N4O. The molecule has 2 rings (SSSR count). The zero-order valence-corrected chi connectivity index (χ0v) is 7.16. The molecule has 0 aliphatic rings. The van der Waals surface area contributed by atoms with E-state index in [4.69, 9.17) is 5.84 Å². The summed E-state index contributed by atoms with van der Waals surface area (Å²) in [7, 11) is 1.92. The highest BCUT2D eigenvalue weighted by Crippen LogP contribution is 2.15. The Morgan fingerprint density at radius 2 is 2.46 bits per heavy atom. The van der Waals surface area contributed by atoms with Crippen molar-refractivity contribution < 1.29 is 4.79 Å². The van der Waals surface area contributed by atoms with E-state index >= 15 is 0 Å². The number of rotatable bonds is 1. The van der Waals surface area contributed by atoms with E-state index < -0.39 is 0 Å². The first-order chi connectivity index (χ1) is 6.22. The monoisotopic (exact) mass is 178 g/mol. The molecule has 68 valence electrons. The zero-order chi connectivity index (χ0) is 9.42. The molecule has 0 unspecified atom stereocenters. The molecule has 0 saturated carbocycles. The van der Waals surface area contributed by atoms with Crippen LogP contribution in [0.1, 0.15) is 10.5 Å². The lowest BCUT2D eigenvalue weighted by molar-refractivity contribution is 0.0949. The largest absolute Gasteiger partial charge is 0.349 e. The van der Waals surface area contributed by atoms with E-state index in [1.165, 1.54) is 0 Å². The first kappa shape index (κ1) is 7.88. The Bertz CT molecular complexity index is 454. The maximum Gasteiger partial charge on any atom is 0.281 e. The predicted octanol–water partition coefficient (Wildman–Crippen LogP) is 0.110. The second kappa shape index (κ2) is 2.63. The Morgan fingerprint density at radius 1 is 1.69 bits per heavy atom. The Kier molecular flexibility index (Phi) is 1.60. The second-order valence-corrected chi connectivity index (χ2v) is 2.88. The van der Waals surface area contributed by atoms with Crippen molar-refractivity contribution in [2.45, 2.75) is 0 Å². The smallest absolute Gasteiger partial charge is 0.281 e. The predicted molar refractivity (Wildman–Crippen MR) is 48.9 cm³/mol. The van der Waals surface area contributed by atoms with Crippen LogP contribution in [0.4, 0.5) is 0 Å². The van der Waals surface area contributed by atoms with Crippen LogP contribution in [0.5, 0.6) is 0 Å². The van der Waals surface area contributed by atoms with E-state index in [0.717, 1.165) is 11.0 Å². The van der Waals surface area contributed by atoms with Crippen LogP contribution in [0.3, 0.4) is 0 Å². The molecule has 2 aromatic rings. The number of nitrogens with one attached hydrogen (secondary N) is 2. The highest BCUT2D eigenvalue weighted by atomic mass is 16.2. The molecule has 0 saturated heterocycles. The summed E-state index contributed by atoms with van der Waals surface area (Å²) in [6.45, 7) is 0. The number of aryl methyl sites for hydroxylation is 1. The Labute approximate surface area is 74.5 Å². The van der Waals surface area contributed by atoms with Crippen LogP contribution in [0.15, 0.2) is 18.3 Å². The van der Waals surface area contributed by atoms with Crippen LogP contribution in [0, 0.1) is 0 Å². The van der Waals surface area contributed by atoms with Gasteiger partial charge >= 0.3 is 0 Å². The highest BCUT2D eigenvalue weighted by molar-refractivity contribution is 5.97. The van der Waals surface area contributed by atoms with Gasteiger partial charge in [0.1, 0.15) is 5.69 Å². The molecule has 0 aromatic carbocycles. The number of hydrazine groups is 1. The van der Waals surface area contributed by atoms with Crippen LogP contribution >= 0.6 is 0 Å². The lowest BCUT2D eigenvalue weighted by Gasteiger charge is -1.93. The van der Waals surface area contributed by atoms with Crippen molar-refractivity contribution in [2.75, 3.05) is 0 Å². The lowest BCUT2D eigenvalue weighted by atomic mass is 10.4. The summed E-state index contributed by atoms with van der Waals surface area (Å²) in [4.78, 5) is 14.1. The van der Waals surface area contributed by atoms with Gasteiger partial charge in [0.2, 0.25) is 0 Å². The fourth-order valence-electron chi connectivity index (χ4n) is 1.35. The van der Waals surface area contributed by atoms with Gasteiger partial charge in [-0.05, 0) is 12.1 Å². The van der Waals surface area contributed by atoms with Gasteiger partial charge in [0.05, 0.1) is 11.0 Å². The summed E-state index contributed by atoms with van der Waals surface area (Å²) in [5, 5.41) is 0. The quantitative estimate of drug-likeness (QED) is 0.329. The third kappa shape index (κ3) is 1.09. The molecule has 1 amide bonds. The molecule has 2 aromatic heterocycles. The summed E-state index contributed by atoms with van der Waals surface area (Å²) >= 11 is 0. The number of carbonyl (C=O) groups excluding carboxylic acids is 1. The molecule has 5 heteroatoms. The van der Waals surface area contributed by atoms with Crippen molar-refractivity contribution in [3.63, 3.8) is 0 Å². The number of hydrogen-bond donors (Lipinski definition) is 3. The fourth-order valence-corrected chi connectivity index (χ4v) is 1.35. The molecule has 0 fully saturated rings. The van der Waals surface area contributed by atoms with Gasteiger partial charge in [0.15, 0.2) is 0 Å². The molecule has 13 heavy (non-hydrogen) atoms. The zero-order valence-electron chi connectivity index (χ0n) is 7.16.